The molecule has 0 atom stereocenters. The van der Waals surface area contributed by atoms with Crippen molar-refractivity contribution >= 4 is 17.7 Å². The highest BCUT2D eigenvalue weighted by Crippen LogP contribution is 2.20. The van der Waals surface area contributed by atoms with Crippen LogP contribution in [0.3, 0.4) is 0 Å². The maximum atomic E-state index is 12.2. The number of aromatic nitrogens is 1. The van der Waals surface area contributed by atoms with Crippen molar-refractivity contribution in [2.45, 2.75) is 19.3 Å². The van der Waals surface area contributed by atoms with E-state index in [1.807, 2.05) is 18.2 Å². The number of amides is 3. The van der Waals surface area contributed by atoms with Crippen molar-refractivity contribution in [1.29, 1.82) is 0 Å². The van der Waals surface area contributed by atoms with Gasteiger partial charge in [0.25, 0.3) is 11.8 Å². The Hall–Kier alpha value is -3.02. The number of benzene rings is 1. The predicted molar refractivity (Wildman–Crippen MR) is 92.0 cm³/mol. The molecule has 0 bridgehead atoms. The smallest absolute Gasteiger partial charge is 0.280 e. The number of nitrogens with zero attached hydrogens (tertiary/aromatic N) is 2. The van der Waals surface area contributed by atoms with Gasteiger partial charge in [0.15, 0.2) is 0 Å². The number of fused-ring (bicyclic) bond motifs is 1. The molecular formula is C19H19N3O3. The molecule has 1 aromatic carbocycles. The predicted octanol–water partition coefficient (Wildman–Crippen LogP) is 1.82. The lowest BCUT2D eigenvalue weighted by Crippen LogP contribution is -2.35. The molecule has 1 aliphatic heterocycles. The van der Waals surface area contributed by atoms with Crippen LogP contribution >= 0.6 is 0 Å². The Morgan fingerprint density at radius 2 is 1.84 bits per heavy atom. The molecule has 3 rings (SSSR count). The van der Waals surface area contributed by atoms with Crippen LogP contribution in [0.15, 0.2) is 48.7 Å². The van der Waals surface area contributed by atoms with Crippen molar-refractivity contribution in [3.8, 4) is 0 Å². The molecule has 25 heavy (non-hydrogen) atoms. The van der Waals surface area contributed by atoms with Gasteiger partial charge in [-0.05, 0) is 30.5 Å². The number of rotatable bonds is 7. The molecule has 2 heterocycles. The van der Waals surface area contributed by atoms with E-state index in [1.165, 1.54) is 11.8 Å². The van der Waals surface area contributed by atoms with E-state index in [0.29, 0.717) is 12.1 Å². The first-order valence-electron chi connectivity index (χ1n) is 8.28. The molecule has 1 N–H and O–H groups in total. The molecule has 0 fully saturated rings. The van der Waals surface area contributed by atoms with Crippen molar-refractivity contribution in [1.82, 2.24) is 15.2 Å². The zero-order valence-electron chi connectivity index (χ0n) is 13.8. The zero-order valence-corrected chi connectivity index (χ0v) is 13.8. The summed E-state index contributed by atoms with van der Waals surface area (Å²) in [6, 6.07) is 13.3. The van der Waals surface area contributed by atoms with Crippen LogP contribution in [0.4, 0.5) is 0 Å². The second-order valence-corrected chi connectivity index (χ2v) is 5.85. The molecule has 1 aromatic heterocycles. The van der Waals surface area contributed by atoms with Crippen LogP contribution in [0, 0.1) is 0 Å². The van der Waals surface area contributed by atoms with Crippen molar-refractivity contribution < 1.29 is 14.4 Å². The fraction of sp³-hybridized carbons (Fsp3) is 0.263. The molecule has 6 heteroatoms. The normalized spacial score (nSPS) is 13.0. The average molecular weight is 337 g/mol. The highest BCUT2D eigenvalue weighted by atomic mass is 16.2. The summed E-state index contributed by atoms with van der Waals surface area (Å²) in [7, 11) is 0. The van der Waals surface area contributed by atoms with Gasteiger partial charge in [0.1, 0.15) is 5.69 Å². The van der Waals surface area contributed by atoms with E-state index in [9.17, 15) is 14.4 Å². The Labute approximate surface area is 145 Å². The van der Waals surface area contributed by atoms with Gasteiger partial charge in [0, 0.05) is 25.7 Å². The van der Waals surface area contributed by atoms with E-state index in [-0.39, 0.29) is 30.5 Å². The van der Waals surface area contributed by atoms with E-state index in [1.54, 1.807) is 12.1 Å². The summed E-state index contributed by atoms with van der Waals surface area (Å²) in [4.78, 5) is 41.3. The van der Waals surface area contributed by atoms with Crippen LogP contribution in [-0.2, 0) is 11.2 Å². The van der Waals surface area contributed by atoms with Crippen molar-refractivity contribution in [3.63, 3.8) is 0 Å². The number of pyridine rings is 1. The summed E-state index contributed by atoms with van der Waals surface area (Å²) in [6.07, 6.45) is 3.31. The number of hydrogen-bond acceptors (Lipinski definition) is 4. The van der Waals surface area contributed by atoms with E-state index < -0.39 is 5.91 Å². The number of carbonyl (C=O) groups excluding carboxylic acids is 3. The van der Waals surface area contributed by atoms with E-state index in [2.05, 4.69) is 22.4 Å². The van der Waals surface area contributed by atoms with Crippen molar-refractivity contribution in [2.24, 2.45) is 0 Å². The van der Waals surface area contributed by atoms with Gasteiger partial charge in [0.2, 0.25) is 5.91 Å². The van der Waals surface area contributed by atoms with Crippen LogP contribution in [0.5, 0.6) is 0 Å². The Bertz CT molecular complexity index is 755. The Morgan fingerprint density at radius 3 is 2.60 bits per heavy atom. The summed E-state index contributed by atoms with van der Waals surface area (Å²) >= 11 is 0. The monoisotopic (exact) mass is 337 g/mol. The molecule has 0 spiro atoms. The molecule has 3 amide bonds. The fourth-order valence-corrected chi connectivity index (χ4v) is 2.78. The number of carbonyl (C=O) groups is 3. The van der Waals surface area contributed by atoms with E-state index in [0.717, 1.165) is 17.7 Å². The first-order chi connectivity index (χ1) is 12.2. The summed E-state index contributed by atoms with van der Waals surface area (Å²) in [5.41, 5.74) is 1.70. The second-order valence-electron chi connectivity index (χ2n) is 5.85. The largest absolute Gasteiger partial charge is 0.356 e. The standard InChI is InChI=1S/C19H19N3O3/c23-16(20-11-4-8-14-6-2-1-3-7-14)10-13-22-18(24)15-9-5-12-21-17(15)19(22)25/h1-3,5-7,9,12H,4,8,10-11,13H2,(H,20,23). The van der Waals surface area contributed by atoms with Crippen molar-refractivity contribution in [3.05, 3.63) is 65.5 Å². The van der Waals surface area contributed by atoms with Crippen LogP contribution < -0.4 is 5.32 Å². The Morgan fingerprint density at radius 1 is 1.04 bits per heavy atom. The van der Waals surface area contributed by atoms with Crippen molar-refractivity contribution in [2.75, 3.05) is 13.1 Å². The first kappa shape index (κ1) is 16.8. The van der Waals surface area contributed by atoms with Gasteiger partial charge in [-0.2, -0.15) is 0 Å². The Balaban J connectivity index is 1.41. The third-order valence-corrected chi connectivity index (χ3v) is 4.10. The maximum absolute atomic E-state index is 12.2. The van der Waals surface area contributed by atoms with Gasteiger partial charge in [-0.3, -0.25) is 24.3 Å². The summed E-state index contributed by atoms with van der Waals surface area (Å²) < 4.78 is 0. The lowest BCUT2D eigenvalue weighted by atomic mass is 10.1. The summed E-state index contributed by atoms with van der Waals surface area (Å²) in [5, 5.41) is 2.82. The van der Waals surface area contributed by atoms with Gasteiger partial charge < -0.3 is 5.32 Å². The molecule has 128 valence electrons. The third-order valence-electron chi connectivity index (χ3n) is 4.10. The SMILES string of the molecule is O=C(CCN1C(=O)c2cccnc2C1=O)NCCCc1ccccc1. The number of hydrogen-bond donors (Lipinski definition) is 1. The molecule has 6 nitrogen and oxygen atoms in total. The topological polar surface area (TPSA) is 79.4 Å². The van der Waals surface area contributed by atoms with Gasteiger partial charge in [-0.15, -0.1) is 0 Å². The highest BCUT2D eigenvalue weighted by molar-refractivity contribution is 6.20. The minimum Gasteiger partial charge on any atom is -0.356 e. The van der Waals surface area contributed by atoms with Crippen LogP contribution in [-0.4, -0.2) is 40.7 Å². The van der Waals surface area contributed by atoms with Crippen LogP contribution in [0.25, 0.3) is 0 Å². The minimum atomic E-state index is -0.433. The molecule has 0 aliphatic carbocycles. The summed E-state index contributed by atoms with van der Waals surface area (Å²) in [5.74, 6) is -0.986. The van der Waals surface area contributed by atoms with Crippen LogP contribution in [0.2, 0.25) is 0 Å². The average Bonchev–Trinajstić information content (AvgIpc) is 2.89. The fourth-order valence-electron chi connectivity index (χ4n) is 2.78. The lowest BCUT2D eigenvalue weighted by Gasteiger charge is -2.13. The Kier molecular flexibility index (Phi) is 5.18. The maximum Gasteiger partial charge on any atom is 0.280 e. The van der Waals surface area contributed by atoms with Crippen LogP contribution in [0.1, 0.15) is 39.3 Å². The van der Waals surface area contributed by atoms with Gasteiger partial charge in [-0.1, -0.05) is 30.3 Å². The number of aryl methyl sites for hydroxylation is 1. The molecule has 2 aromatic rings. The highest BCUT2D eigenvalue weighted by Gasteiger charge is 2.36. The lowest BCUT2D eigenvalue weighted by molar-refractivity contribution is -0.121. The second kappa shape index (κ2) is 7.70. The molecule has 1 aliphatic rings. The van der Waals surface area contributed by atoms with E-state index in [4.69, 9.17) is 0 Å². The third kappa shape index (κ3) is 3.91. The minimum absolute atomic E-state index is 0.0680. The molecule has 0 saturated heterocycles. The molecular weight excluding hydrogens is 318 g/mol. The van der Waals surface area contributed by atoms with Gasteiger partial charge in [0.05, 0.1) is 5.56 Å². The zero-order chi connectivity index (χ0) is 17.6. The first-order valence-corrected chi connectivity index (χ1v) is 8.28. The van der Waals surface area contributed by atoms with Gasteiger partial charge in [-0.25, -0.2) is 0 Å². The summed E-state index contributed by atoms with van der Waals surface area (Å²) in [6.45, 7) is 0.635. The molecule has 0 radical (unpaired) electrons. The van der Waals surface area contributed by atoms with Gasteiger partial charge >= 0.3 is 0 Å². The molecule has 0 unspecified atom stereocenters. The number of nitrogens with one attached hydrogen (secondary N) is 1. The molecule has 0 saturated carbocycles. The van der Waals surface area contributed by atoms with E-state index >= 15 is 0 Å². The number of imide groups is 1. The quantitative estimate of drug-likeness (QED) is 0.617.